The molecular weight excluding hydrogens is 454 g/mol. The number of aryl methyl sites for hydroxylation is 1. The Kier molecular flexibility index (Phi) is 7.47. The van der Waals surface area contributed by atoms with Crippen molar-refractivity contribution >= 4 is 12.1 Å². The third-order valence-electron chi connectivity index (χ3n) is 5.93. The molecule has 0 aliphatic carbocycles. The summed E-state index contributed by atoms with van der Waals surface area (Å²) in [5.74, 6) is 0.490. The van der Waals surface area contributed by atoms with Crippen molar-refractivity contribution in [3.05, 3.63) is 46.5 Å². The maximum Gasteiger partial charge on any atom is 0.415 e. The molecule has 188 valence electrons. The maximum atomic E-state index is 13.0. The third-order valence-corrected chi connectivity index (χ3v) is 5.93. The Morgan fingerprint density at radius 1 is 1.20 bits per heavy atom. The van der Waals surface area contributed by atoms with E-state index in [0.717, 1.165) is 5.56 Å². The van der Waals surface area contributed by atoms with E-state index >= 15 is 0 Å². The van der Waals surface area contributed by atoms with Crippen LogP contribution < -0.4 is 14.2 Å². The van der Waals surface area contributed by atoms with Crippen molar-refractivity contribution in [1.82, 2.24) is 4.90 Å². The van der Waals surface area contributed by atoms with E-state index in [1.165, 1.54) is 7.11 Å². The molecule has 1 atom stereocenters. The Bertz CT molecular complexity index is 1110. The van der Waals surface area contributed by atoms with Gasteiger partial charge in [-0.05, 0) is 49.1 Å². The van der Waals surface area contributed by atoms with Gasteiger partial charge in [-0.3, -0.25) is 0 Å². The highest BCUT2D eigenvalue weighted by molar-refractivity contribution is 5.96. The van der Waals surface area contributed by atoms with Crippen molar-refractivity contribution in [2.45, 2.75) is 39.9 Å². The average molecular weight is 486 g/mol. The number of fused-ring (bicyclic) bond motifs is 2. The number of rotatable bonds is 5. The zero-order chi connectivity index (χ0) is 25.1. The van der Waals surface area contributed by atoms with E-state index in [-0.39, 0.29) is 41.1 Å². The minimum atomic E-state index is -0.825. The molecule has 0 spiro atoms. The molecule has 2 aromatic carbocycles. The minimum absolute atomic E-state index is 0.0736. The Labute approximate surface area is 204 Å². The topological polar surface area (TPSA) is 104 Å². The fourth-order valence-corrected chi connectivity index (χ4v) is 4.26. The number of amides is 1. The summed E-state index contributed by atoms with van der Waals surface area (Å²) in [5, 5.41) is 10.7. The summed E-state index contributed by atoms with van der Waals surface area (Å²) in [5.41, 5.74) is 1.93. The first-order valence-corrected chi connectivity index (χ1v) is 11.7. The molecular formula is C26H31NO8. The van der Waals surface area contributed by atoms with Gasteiger partial charge in [0, 0.05) is 24.2 Å². The molecule has 1 fully saturated rings. The van der Waals surface area contributed by atoms with E-state index in [4.69, 9.17) is 23.7 Å². The quantitative estimate of drug-likeness (QED) is 0.623. The Hall–Kier alpha value is -3.30. The van der Waals surface area contributed by atoms with Crippen LogP contribution in [0.25, 0.3) is 0 Å². The van der Waals surface area contributed by atoms with Gasteiger partial charge >= 0.3 is 12.1 Å². The van der Waals surface area contributed by atoms with Crippen LogP contribution in [0.1, 0.15) is 53.4 Å². The van der Waals surface area contributed by atoms with Gasteiger partial charge in [-0.1, -0.05) is 13.8 Å². The predicted octanol–water partition coefficient (Wildman–Crippen LogP) is 4.38. The van der Waals surface area contributed by atoms with E-state index in [2.05, 4.69) is 0 Å². The highest BCUT2D eigenvalue weighted by Crippen LogP contribution is 2.44. The average Bonchev–Trinajstić information content (AvgIpc) is 2.82. The first-order valence-electron chi connectivity index (χ1n) is 11.7. The second kappa shape index (κ2) is 10.5. The summed E-state index contributed by atoms with van der Waals surface area (Å²) in [4.78, 5) is 27.4. The number of aliphatic hydroxyl groups is 1. The zero-order valence-electron chi connectivity index (χ0n) is 20.5. The molecule has 35 heavy (non-hydrogen) atoms. The summed E-state index contributed by atoms with van der Waals surface area (Å²) < 4.78 is 28.4. The standard InChI is InChI=1S/C26H31NO8/c1-15(2)11-19(28)18-5-6-20-22(24(18)31-4)25(29)33-14-17-12-16(3)13-21(23(17)34-20)35-26(30)27-7-9-32-10-8-27/h5-6,12-13,15,19,28H,7-11,14H2,1-4H3/t19-/m0/s1. The Morgan fingerprint density at radius 2 is 1.94 bits per heavy atom. The van der Waals surface area contributed by atoms with Gasteiger partial charge < -0.3 is 33.7 Å². The van der Waals surface area contributed by atoms with Gasteiger partial charge in [0.15, 0.2) is 11.5 Å². The third kappa shape index (κ3) is 5.36. The molecule has 1 amide bonds. The van der Waals surface area contributed by atoms with Crippen LogP contribution in [0, 0.1) is 12.8 Å². The van der Waals surface area contributed by atoms with Crippen LogP contribution in [0.3, 0.4) is 0 Å². The second-order valence-electron chi connectivity index (χ2n) is 9.10. The van der Waals surface area contributed by atoms with Gasteiger partial charge in [0.1, 0.15) is 23.7 Å². The van der Waals surface area contributed by atoms with Crippen molar-refractivity contribution < 1.29 is 38.4 Å². The fraction of sp³-hybridized carbons (Fsp3) is 0.462. The van der Waals surface area contributed by atoms with Crippen molar-refractivity contribution in [3.63, 3.8) is 0 Å². The van der Waals surface area contributed by atoms with Gasteiger partial charge in [0.05, 0.1) is 26.4 Å². The number of carbonyl (C=O) groups excluding carboxylic acids is 2. The van der Waals surface area contributed by atoms with Gasteiger partial charge in [-0.15, -0.1) is 0 Å². The number of aliphatic hydroxyl groups excluding tert-OH is 1. The summed E-state index contributed by atoms with van der Waals surface area (Å²) in [6.07, 6.45) is -0.836. The number of cyclic esters (lactones) is 1. The van der Waals surface area contributed by atoms with Crippen molar-refractivity contribution in [3.8, 4) is 23.0 Å². The van der Waals surface area contributed by atoms with Gasteiger partial charge in [0.25, 0.3) is 0 Å². The fourth-order valence-electron chi connectivity index (χ4n) is 4.26. The highest BCUT2D eigenvalue weighted by Gasteiger charge is 2.31. The normalized spacial score (nSPS) is 16.3. The molecule has 0 bridgehead atoms. The van der Waals surface area contributed by atoms with Gasteiger partial charge in [0.2, 0.25) is 0 Å². The van der Waals surface area contributed by atoms with E-state index in [9.17, 15) is 14.7 Å². The number of esters is 1. The molecule has 0 aromatic heterocycles. The number of ether oxygens (including phenoxy) is 5. The van der Waals surface area contributed by atoms with Crippen molar-refractivity contribution in [2.75, 3.05) is 33.4 Å². The van der Waals surface area contributed by atoms with Crippen molar-refractivity contribution in [1.29, 1.82) is 0 Å². The lowest BCUT2D eigenvalue weighted by atomic mass is 9.96. The first kappa shape index (κ1) is 24.8. The molecule has 2 aliphatic rings. The number of hydrogen-bond donors (Lipinski definition) is 1. The molecule has 4 rings (SSSR count). The van der Waals surface area contributed by atoms with Crippen LogP contribution in [0.5, 0.6) is 23.0 Å². The van der Waals surface area contributed by atoms with Crippen LogP contribution in [0.15, 0.2) is 24.3 Å². The Balaban J connectivity index is 1.73. The number of hydrogen-bond acceptors (Lipinski definition) is 8. The van der Waals surface area contributed by atoms with Crippen LogP contribution >= 0.6 is 0 Å². The maximum absolute atomic E-state index is 13.0. The smallest absolute Gasteiger partial charge is 0.415 e. The number of carbonyl (C=O) groups is 2. The lowest BCUT2D eigenvalue weighted by molar-refractivity contribution is 0.0409. The van der Waals surface area contributed by atoms with Crippen LogP contribution in [-0.4, -0.2) is 55.5 Å². The van der Waals surface area contributed by atoms with Gasteiger partial charge in [-0.25, -0.2) is 9.59 Å². The monoisotopic (exact) mass is 485 g/mol. The summed E-state index contributed by atoms with van der Waals surface area (Å²) in [7, 11) is 1.43. The molecule has 0 unspecified atom stereocenters. The lowest BCUT2D eigenvalue weighted by Crippen LogP contribution is -2.42. The first-order chi connectivity index (χ1) is 16.8. The molecule has 9 nitrogen and oxygen atoms in total. The molecule has 2 aromatic rings. The minimum Gasteiger partial charge on any atom is -0.495 e. The molecule has 2 heterocycles. The summed E-state index contributed by atoms with van der Waals surface area (Å²) >= 11 is 0. The number of methoxy groups -OCH3 is 1. The number of nitrogens with zero attached hydrogens (tertiary/aromatic N) is 1. The van der Waals surface area contributed by atoms with Crippen LogP contribution in [0.2, 0.25) is 0 Å². The molecule has 1 saturated heterocycles. The summed E-state index contributed by atoms with van der Waals surface area (Å²) in [6.45, 7) is 7.54. The van der Waals surface area contributed by atoms with Crippen molar-refractivity contribution in [2.24, 2.45) is 5.92 Å². The molecule has 1 N–H and O–H groups in total. The largest absolute Gasteiger partial charge is 0.495 e. The van der Waals surface area contributed by atoms with E-state index < -0.39 is 18.2 Å². The number of morpholine rings is 1. The highest BCUT2D eigenvalue weighted by atomic mass is 16.6. The van der Waals surface area contributed by atoms with Gasteiger partial charge in [-0.2, -0.15) is 0 Å². The van der Waals surface area contributed by atoms with E-state index in [0.29, 0.717) is 43.9 Å². The number of benzene rings is 2. The van der Waals surface area contributed by atoms with E-state index in [1.807, 2.05) is 26.8 Å². The Morgan fingerprint density at radius 3 is 2.63 bits per heavy atom. The SMILES string of the molecule is COc1c([C@@H](O)CC(C)C)ccc2c1C(=O)OCc1cc(C)cc(OC(=O)N3CCOCC3)c1O2. The zero-order valence-corrected chi connectivity index (χ0v) is 20.5. The molecule has 0 saturated carbocycles. The second-order valence-corrected chi connectivity index (χ2v) is 9.10. The van der Waals surface area contributed by atoms with Crippen LogP contribution in [-0.2, 0) is 16.1 Å². The molecule has 2 aliphatic heterocycles. The summed E-state index contributed by atoms with van der Waals surface area (Å²) in [6, 6.07) is 6.79. The molecule has 9 heteroatoms. The predicted molar refractivity (Wildman–Crippen MR) is 126 cm³/mol. The lowest BCUT2D eigenvalue weighted by Gasteiger charge is -2.27. The van der Waals surface area contributed by atoms with E-state index in [1.54, 1.807) is 23.1 Å². The molecule has 0 radical (unpaired) electrons. The van der Waals surface area contributed by atoms with Crippen LogP contribution in [0.4, 0.5) is 4.79 Å².